The second-order valence-electron chi connectivity index (χ2n) is 5.10. The second kappa shape index (κ2) is 5.09. The Morgan fingerprint density at radius 2 is 2.00 bits per heavy atom. The molecule has 0 aliphatic carbocycles. The van der Waals surface area contributed by atoms with Crippen molar-refractivity contribution in [2.45, 2.75) is 12.5 Å². The highest BCUT2D eigenvalue weighted by molar-refractivity contribution is 7.91. The number of aliphatic carboxylic acids is 1. The fraction of sp³-hybridized carbons (Fsp3) is 0.818. The maximum absolute atomic E-state index is 12.2. The Kier molecular flexibility index (Phi) is 3.82. The van der Waals surface area contributed by atoms with Gasteiger partial charge in [-0.05, 0) is 6.42 Å². The molecule has 8 heteroatoms. The van der Waals surface area contributed by atoms with Crippen molar-refractivity contribution in [3.05, 3.63) is 0 Å². The number of likely N-dealkylation sites (N-methyl/N-ethyl adjacent to an activating group) is 1. The van der Waals surface area contributed by atoms with E-state index in [-0.39, 0.29) is 30.6 Å². The molecule has 2 rings (SSSR count). The molecule has 0 aromatic heterocycles. The zero-order valence-electron chi connectivity index (χ0n) is 10.6. The molecule has 1 N–H and O–H groups in total. The molecule has 19 heavy (non-hydrogen) atoms. The fourth-order valence-electron chi connectivity index (χ4n) is 2.60. The normalized spacial score (nSPS) is 33.2. The first kappa shape index (κ1) is 14.3. The van der Waals surface area contributed by atoms with E-state index in [0.29, 0.717) is 6.42 Å². The van der Waals surface area contributed by atoms with Gasteiger partial charge in [0.05, 0.1) is 36.7 Å². The number of carboxylic acid groups (broad SMARTS) is 1. The average molecular weight is 291 g/mol. The van der Waals surface area contributed by atoms with Gasteiger partial charge in [-0.2, -0.15) is 0 Å². The molecule has 2 aliphatic rings. The summed E-state index contributed by atoms with van der Waals surface area (Å²) in [6.07, 6.45) is 0.316. The van der Waals surface area contributed by atoms with Crippen LogP contribution in [-0.4, -0.2) is 68.1 Å². The first-order valence-corrected chi connectivity index (χ1v) is 7.91. The minimum absolute atomic E-state index is 0.0285. The molecule has 2 heterocycles. The van der Waals surface area contributed by atoms with Gasteiger partial charge in [0.2, 0.25) is 5.91 Å². The van der Waals surface area contributed by atoms with Gasteiger partial charge in [0.25, 0.3) is 0 Å². The van der Waals surface area contributed by atoms with Gasteiger partial charge < -0.3 is 14.7 Å². The Morgan fingerprint density at radius 1 is 1.32 bits per heavy atom. The van der Waals surface area contributed by atoms with Gasteiger partial charge in [-0.3, -0.25) is 9.59 Å². The van der Waals surface area contributed by atoms with Gasteiger partial charge in [0, 0.05) is 7.05 Å². The topological polar surface area (TPSA) is 101 Å². The summed E-state index contributed by atoms with van der Waals surface area (Å²) in [7, 11) is -1.61. The van der Waals surface area contributed by atoms with Crippen molar-refractivity contribution < 1.29 is 27.9 Å². The number of amides is 1. The number of carbonyl (C=O) groups is 2. The summed E-state index contributed by atoms with van der Waals surface area (Å²) >= 11 is 0. The Hall–Kier alpha value is -1.15. The van der Waals surface area contributed by atoms with E-state index in [2.05, 4.69) is 0 Å². The highest BCUT2D eigenvalue weighted by Gasteiger charge is 2.42. The Labute approximate surface area is 111 Å². The molecule has 0 spiro atoms. The van der Waals surface area contributed by atoms with Crippen molar-refractivity contribution >= 4 is 21.7 Å². The van der Waals surface area contributed by atoms with E-state index in [1.54, 1.807) is 0 Å². The number of hydrogen-bond acceptors (Lipinski definition) is 5. The van der Waals surface area contributed by atoms with Crippen LogP contribution in [0.4, 0.5) is 0 Å². The van der Waals surface area contributed by atoms with Gasteiger partial charge in [0.1, 0.15) is 5.92 Å². The average Bonchev–Trinajstić information content (AvgIpc) is 2.93. The van der Waals surface area contributed by atoms with Crippen LogP contribution in [0.25, 0.3) is 0 Å². The molecule has 0 radical (unpaired) electrons. The van der Waals surface area contributed by atoms with Crippen molar-refractivity contribution in [3.63, 3.8) is 0 Å². The molecule has 1 amide bonds. The summed E-state index contributed by atoms with van der Waals surface area (Å²) in [5.41, 5.74) is 0. The van der Waals surface area contributed by atoms with E-state index in [0.717, 1.165) is 0 Å². The Balaban J connectivity index is 2.05. The second-order valence-corrected chi connectivity index (χ2v) is 7.33. The van der Waals surface area contributed by atoms with Gasteiger partial charge in [0.15, 0.2) is 9.84 Å². The Morgan fingerprint density at radius 3 is 2.53 bits per heavy atom. The van der Waals surface area contributed by atoms with E-state index >= 15 is 0 Å². The van der Waals surface area contributed by atoms with Gasteiger partial charge >= 0.3 is 5.97 Å². The molecular weight excluding hydrogens is 274 g/mol. The summed E-state index contributed by atoms with van der Waals surface area (Å²) in [5.74, 6) is -2.71. The summed E-state index contributed by atoms with van der Waals surface area (Å²) in [6.45, 7) is 0.263. The van der Waals surface area contributed by atoms with Crippen LogP contribution < -0.4 is 0 Å². The smallest absolute Gasteiger partial charge is 0.311 e. The summed E-state index contributed by atoms with van der Waals surface area (Å²) in [6, 6.07) is -0.520. The largest absolute Gasteiger partial charge is 0.481 e. The van der Waals surface area contributed by atoms with Crippen LogP contribution in [0.1, 0.15) is 6.42 Å². The molecule has 7 nitrogen and oxygen atoms in total. The van der Waals surface area contributed by atoms with Crippen molar-refractivity contribution in [1.29, 1.82) is 0 Å². The quantitative estimate of drug-likeness (QED) is 0.714. The summed E-state index contributed by atoms with van der Waals surface area (Å²) in [5, 5.41) is 9.05. The number of ether oxygens (including phenoxy) is 1. The van der Waals surface area contributed by atoms with Crippen LogP contribution in [0.5, 0.6) is 0 Å². The summed E-state index contributed by atoms with van der Waals surface area (Å²) < 4.78 is 27.9. The van der Waals surface area contributed by atoms with E-state index in [9.17, 15) is 18.0 Å². The molecule has 108 valence electrons. The van der Waals surface area contributed by atoms with Crippen molar-refractivity contribution in [3.8, 4) is 0 Å². The number of rotatable bonds is 3. The van der Waals surface area contributed by atoms with Crippen LogP contribution >= 0.6 is 0 Å². The standard InChI is InChI=1S/C11H17NO6S/c1-12(9-5-18-4-8(9)11(14)15)10(13)7-2-3-19(16,17)6-7/h7-9H,2-6H2,1H3,(H,14,15). The van der Waals surface area contributed by atoms with Gasteiger partial charge in [-0.15, -0.1) is 0 Å². The number of carbonyl (C=O) groups excluding carboxylic acids is 1. The maximum Gasteiger partial charge on any atom is 0.311 e. The number of nitrogens with zero attached hydrogens (tertiary/aromatic N) is 1. The van der Waals surface area contributed by atoms with Crippen molar-refractivity contribution in [2.75, 3.05) is 31.8 Å². The van der Waals surface area contributed by atoms with E-state index in [1.807, 2.05) is 0 Å². The molecule has 3 atom stereocenters. The van der Waals surface area contributed by atoms with Crippen LogP contribution in [0, 0.1) is 11.8 Å². The fourth-order valence-corrected chi connectivity index (χ4v) is 4.33. The van der Waals surface area contributed by atoms with Crippen LogP contribution in [-0.2, 0) is 24.2 Å². The predicted octanol–water partition coefficient (Wildman–Crippen LogP) is -1.02. The monoisotopic (exact) mass is 291 g/mol. The SMILES string of the molecule is CN(C(=O)C1CCS(=O)(=O)C1)C1COCC1C(=O)O. The lowest BCUT2D eigenvalue weighted by atomic mass is 10.0. The molecule has 0 saturated carbocycles. The maximum atomic E-state index is 12.2. The molecule has 2 fully saturated rings. The first-order chi connectivity index (χ1) is 8.82. The lowest BCUT2D eigenvalue weighted by Gasteiger charge is -2.28. The van der Waals surface area contributed by atoms with E-state index in [1.165, 1.54) is 11.9 Å². The van der Waals surface area contributed by atoms with E-state index in [4.69, 9.17) is 9.84 Å². The molecule has 2 aliphatic heterocycles. The van der Waals surface area contributed by atoms with Crippen molar-refractivity contribution in [1.82, 2.24) is 4.90 Å². The van der Waals surface area contributed by atoms with Gasteiger partial charge in [-0.1, -0.05) is 0 Å². The number of carboxylic acids is 1. The lowest BCUT2D eigenvalue weighted by Crippen LogP contribution is -2.46. The highest BCUT2D eigenvalue weighted by Crippen LogP contribution is 2.25. The zero-order chi connectivity index (χ0) is 14.2. The third-order valence-electron chi connectivity index (χ3n) is 3.79. The number of sulfone groups is 1. The molecule has 0 aromatic rings. The zero-order valence-corrected chi connectivity index (χ0v) is 11.4. The lowest BCUT2D eigenvalue weighted by molar-refractivity contribution is -0.145. The van der Waals surface area contributed by atoms with Crippen LogP contribution in [0.2, 0.25) is 0 Å². The Bertz CT molecular complexity index is 487. The van der Waals surface area contributed by atoms with Crippen molar-refractivity contribution in [2.24, 2.45) is 11.8 Å². The molecule has 2 saturated heterocycles. The molecule has 0 bridgehead atoms. The predicted molar refractivity (Wildman–Crippen MR) is 65.3 cm³/mol. The molecule has 0 aromatic carbocycles. The highest BCUT2D eigenvalue weighted by atomic mass is 32.2. The third kappa shape index (κ3) is 2.89. The molecule has 3 unspecified atom stereocenters. The minimum Gasteiger partial charge on any atom is -0.481 e. The van der Waals surface area contributed by atoms with Crippen LogP contribution in [0.15, 0.2) is 0 Å². The van der Waals surface area contributed by atoms with Crippen LogP contribution in [0.3, 0.4) is 0 Å². The third-order valence-corrected chi connectivity index (χ3v) is 5.56. The minimum atomic E-state index is -3.12. The summed E-state index contributed by atoms with van der Waals surface area (Å²) in [4.78, 5) is 24.6. The first-order valence-electron chi connectivity index (χ1n) is 6.09. The van der Waals surface area contributed by atoms with E-state index < -0.39 is 33.7 Å². The van der Waals surface area contributed by atoms with Gasteiger partial charge in [-0.25, -0.2) is 8.42 Å². The molecular formula is C11H17NO6S. The number of hydrogen-bond donors (Lipinski definition) is 1.